The first-order valence-corrected chi connectivity index (χ1v) is 9.50. The highest BCUT2D eigenvalue weighted by Gasteiger charge is 2.21. The van der Waals surface area contributed by atoms with Crippen molar-refractivity contribution in [3.05, 3.63) is 34.7 Å². The highest BCUT2D eigenvalue weighted by Crippen LogP contribution is 2.25. The van der Waals surface area contributed by atoms with Crippen LogP contribution in [0.5, 0.6) is 0 Å². The van der Waals surface area contributed by atoms with Gasteiger partial charge in [0.25, 0.3) is 0 Å². The second-order valence-corrected chi connectivity index (χ2v) is 7.77. The van der Waals surface area contributed by atoms with Crippen molar-refractivity contribution in [3.63, 3.8) is 0 Å². The van der Waals surface area contributed by atoms with Crippen molar-refractivity contribution in [2.24, 2.45) is 5.92 Å². The van der Waals surface area contributed by atoms with Gasteiger partial charge in [0, 0.05) is 22.7 Å². The maximum atomic E-state index is 5.47. The second kappa shape index (κ2) is 7.41. The molecule has 0 aliphatic heterocycles. The summed E-state index contributed by atoms with van der Waals surface area (Å²) in [6.45, 7) is 4.34. The predicted octanol–water partition coefficient (Wildman–Crippen LogP) is 4.98. The third-order valence-corrected chi connectivity index (χ3v) is 5.48. The fraction of sp³-hybridized carbons (Fsp3) is 0.444. The topological polar surface area (TPSA) is 37.0 Å². The van der Waals surface area contributed by atoms with E-state index in [-0.39, 0.29) is 0 Å². The van der Waals surface area contributed by atoms with Crippen LogP contribution in [0.4, 0.5) is 5.69 Å². The molecule has 0 spiro atoms. The SMILES string of the molecule is Cc1nc(-c2ccc(NC(=S)N[C@H]3CCCC[C@H]3C)cc2)cs1. The van der Waals surface area contributed by atoms with Crippen LogP contribution in [0.3, 0.4) is 0 Å². The molecule has 1 heterocycles. The molecule has 1 aliphatic carbocycles. The van der Waals surface area contributed by atoms with Crippen LogP contribution in [-0.2, 0) is 0 Å². The van der Waals surface area contributed by atoms with Gasteiger partial charge in [0.15, 0.2) is 5.11 Å². The van der Waals surface area contributed by atoms with Gasteiger partial charge < -0.3 is 10.6 Å². The number of aromatic nitrogens is 1. The third kappa shape index (κ3) is 4.30. The zero-order valence-corrected chi connectivity index (χ0v) is 15.3. The molecule has 1 aromatic heterocycles. The van der Waals surface area contributed by atoms with E-state index in [4.69, 9.17) is 12.2 Å². The zero-order valence-electron chi connectivity index (χ0n) is 13.6. The van der Waals surface area contributed by atoms with Gasteiger partial charge in [0.1, 0.15) is 0 Å². The van der Waals surface area contributed by atoms with Gasteiger partial charge in [0.2, 0.25) is 0 Å². The van der Waals surface area contributed by atoms with Crippen LogP contribution in [0, 0.1) is 12.8 Å². The van der Waals surface area contributed by atoms with Crippen LogP contribution in [0.25, 0.3) is 11.3 Å². The highest BCUT2D eigenvalue weighted by atomic mass is 32.1. The first-order chi connectivity index (χ1) is 11.1. The van der Waals surface area contributed by atoms with E-state index in [9.17, 15) is 0 Å². The number of nitrogens with one attached hydrogen (secondary N) is 2. The Labute approximate surface area is 147 Å². The van der Waals surface area contributed by atoms with Crippen molar-refractivity contribution in [1.29, 1.82) is 0 Å². The zero-order chi connectivity index (χ0) is 16.2. The Morgan fingerprint density at radius 1 is 1.22 bits per heavy atom. The lowest BCUT2D eigenvalue weighted by molar-refractivity contribution is 0.309. The Morgan fingerprint density at radius 2 is 1.96 bits per heavy atom. The summed E-state index contributed by atoms with van der Waals surface area (Å²) in [6.07, 6.45) is 5.15. The normalized spacial score (nSPS) is 21.0. The Morgan fingerprint density at radius 3 is 2.61 bits per heavy atom. The minimum atomic E-state index is 0.501. The Bertz CT molecular complexity index is 663. The average molecular weight is 346 g/mol. The lowest BCUT2D eigenvalue weighted by Gasteiger charge is -2.30. The molecule has 3 rings (SSSR count). The van der Waals surface area contributed by atoms with Crippen molar-refractivity contribution >= 4 is 34.4 Å². The maximum absolute atomic E-state index is 5.47. The molecular weight excluding hydrogens is 322 g/mol. The molecule has 23 heavy (non-hydrogen) atoms. The number of hydrogen-bond donors (Lipinski definition) is 2. The van der Waals surface area contributed by atoms with Gasteiger partial charge in [-0.3, -0.25) is 0 Å². The molecule has 0 amide bonds. The van der Waals surface area contributed by atoms with E-state index >= 15 is 0 Å². The number of thiazole rings is 1. The summed E-state index contributed by atoms with van der Waals surface area (Å²) in [7, 11) is 0. The molecule has 1 aliphatic rings. The molecule has 0 saturated heterocycles. The number of hydrogen-bond acceptors (Lipinski definition) is 3. The molecule has 1 fully saturated rings. The maximum Gasteiger partial charge on any atom is 0.171 e. The largest absolute Gasteiger partial charge is 0.359 e. The van der Waals surface area contributed by atoms with Crippen LogP contribution in [0.15, 0.2) is 29.6 Å². The lowest BCUT2D eigenvalue weighted by atomic mass is 9.86. The van der Waals surface area contributed by atoms with Crippen molar-refractivity contribution in [1.82, 2.24) is 10.3 Å². The molecule has 2 atom stereocenters. The van der Waals surface area contributed by atoms with Crippen LogP contribution in [0.1, 0.15) is 37.6 Å². The van der Waals surface area contributed by atoms with E-state index in [1.54, 1.807) is 11.3 Å². The van der Waals surface area contributed by atoms with E-state index in [1.165, 1.54) is 25.7 Å². The summed E-state index contributed by atoms with van der Waals surface area (Å²) in [5, 5.41) is 10.7. The van der Waals surface area contributed by atoms with E-state index in [1.807, 2.05) is 6.92 Å². The molecule has 1 aromatic carbocycles. The quantitative estimate of drug-likeness (QED) is 0.769. The fourth-order valence-corrected chi connectivity index (χ4v) is 3.98. The highest BCUT2D eigenvalue weighted by molar-refractivity contribution is 7.80. The van der Waals surface area contributed by atoms with Gasteiger partial charge in [-0.1, -0.05) is 31.9 Å². The van der Waals surface area contributed by atoms with Gasteiger partial charge in [-0.2, -0.15) is 0 Å². The summed E-state index contributed by atoms with van der Waals surface area (Å²) >= 11 is 7.14. The van der Waals surface area contributed by atoms with E-state index < -0.39 is 0 Å². The molecule has 122 valence electrons. The summed E-state index contributed by atoms with van der Waals surface area (Å²) in [6, 6.07) is 8.79. The van der Waals surface area contributed by atoms with Crippen LogP contribution in [-0.4, -0.2) is 16.1 Å². The first-order valence-electron chi connectivity index (χ1n) is 8.22. The summed E-state index contributed by atoms with van der Waals surface area (Å²) in [5.74, 6) is 0.693. The second-order valence-electron chi connectivity index (χ2n) is 6.30. The fourth-order valence-electron chi connectivity index (χ4n) is 3.09. The summed E-state index contributed by atoms with van der Waals surface area (Å²) in [5.41, 5.74) is 3.19. The molecule has 1 saturated carbocycles. The molecule has 5 heteroatoms. The van der Waals surface area contributed by atoms with Crippen LogP contribution in [0.2, 0.25) is 0 Å². The summed E-state index contributed by atoms with van der Waals surface area (Å²) < 4.78 is 0. The van der Waals surface area contributed by atoms with Gasteiger partial charge in [-0.05, 0) is 50.0 Å². The van der Waals surface area contributed by atoms with Gasteiger partial charge in [-0.25, -0.2) is 4.98 Å². The number of anilines is 1. The van der Waals surface area contributed by atoms with Gasteiger partial charge >= 0.3 is 0 Å². The Kier molecular flexibility index (Phi) is 5.28. The minimum Gasteiger partial charge on any atom is -0.359 e. The van der Waals surface area contributed by atoms with Crippen molar-refractivity contribution < 1.29 is 0 Å². The standard InChI is InChI=1S/C18H23N3S2/c1-12-5-3-4-6-16(12)21-18(22)20-15-9-7-14(8-10-15)17-11-23-13(2)19-17/h7-12,16H,3-6H2,1-2H3,(H2,20,21,22)/t12-,16+/m1/s1. The number of benzene rings is 1. The minimum absolute atomic E-state index is 0.501. The van der Waals surface area contributed by atoms with Gasteiger partial charge in [-0.15, -0.1) is 11.3 Å². The number of rotatable bonds is 3. The van der Waals surface area contributed by atoms with E-state index in [2.05, 4.69) is 52.2 Å². The smallest absolute Gasteiger partial charge is 0.171 e. The molecule has 2 N–H and O–H groups in total. The van der Waals surface area contributed by atoms with Crippen LogP contribution >= 0.6 is 23.6 Å². The molecule has 2 aromatic rings. The third-order valence-electron chi connectivity index (χ3n) is 4.49. The van der Waals surface area contributed by atoms with Crippen molar-refractivity contribution in [2.45, 2.75) is 45.6 Å². The van der Waals surface area contributed by atoms with Crippen molar-refractivity contribution in [3.8, 4) is 11.3 Å². The van der Waals surface area contributed by atoms with E-state index in [0.29, 0.717) is 12.0 Å². The summed E-state index contributed by atoms with van der Waals surface area (Å²) in [4.78, 5) is 4.52. The number of nitrogens with zero attached hydrogens (tertiary/aromatic N) is 1. The first kappa shape index (κ1) is 16.4. The molecular formula is C18H23N3S2. The van der Waals surface area contributed by atoms with E-state index in [0.717, 1.165) is 27.1 Å². The molecule has 0 radical (unpaired) electrons. The number of aryl methyl sites for hydroxylation is 1. The Balaban J connectivity index is 1.58. The molecule has 0 bridgehead atoms. The monoisotopic (exact) mass is 345 g/mol. The van der Waals surface area contributed by atoms with Gasteiger partial charge in [0.05, 0.1) is 10.7 Å². The molecule has 3 nitrogen and oxygen atoms in total. The lowest BCUT2D eigenvalue weighted by Crippen LogP contribution is -2.43. The average Bonchev–Trinajstić information content (AvgIpc) is 2.97. The molecule has 0 unspecified atom stereocenters. The van der Waals surface area contributed by atoms with Crippen LogP contribution < -0.4 is 10.6 Å². The Hall–Kier alpha value is -1.46. The van der Waals surface area contributed by atoms with Crippen molar-refractivity contribution in [2.75, 3.05) is 5.32 Å². The number of thiocarbonyl (C=S) groups is 1. The predicted molar refractivity (Wildman–Crippen MR) is 103 cm³/mol.